The molecule has 0 aromatic heterocycles. The monoisotopic (exact) mass is 790 g/mol. The minimum Gasteiger partial charge on any atom is -0.491 e. The number of aliphatic imine (C=N–C) groups is 1. The number of aliphatic hydroxyl groups excluding tert-OH is 1. The number of rotatable bonds is 17. The van der Waals surface area contributed by atoms with E-state index in [9.17, 15) is 29.1 Å². The van der Waals surface area contributed by atoms with E-state index in [4.69, 9.17) is 16.2 Å². The molecule has 0 radical (unpaired) electrons. The second kappa shape index (κ2) is 24.5. The Morgan fingerprint density at radius 1 is 0.754 bits per heavy atom. The van der Waals surface area contributed by atoms with Gasteiger partial charge in [-0.25, -0.2) is 0 Å². The summed E-state index contributed by atoms with van der Waals surface area (Å²) in [5.41, 5.74) is 12.0. The molecule has 2 aliphatic rings. The molecular weight excluding hydrogens is 729 g/mol. The summed E-state index contributed by atoms with van der Waals surface area (Å²) in [6.45, 7) is -0.151. The van der Waals surface area contributed by atoms with E-state index in [1.165, 1.54) is 44.6 Å². The zero-order valence-electron chi connectivity index (χ0n) is 33.0. The van der Waals surface area contributed by atoms with Gasteiger partial charge in [-0.15, -0.1) is 0 Å². The van der Waals surface area contributed by atoms with Crippen LogP contribution in [0.25, 0.3) is 0 Å². The Labute approximate surface area is 335 Å². The number of nitrogens with one attached hydrogen (secondary N) is 5. The number of fused-ring (bicyclic) bond motifs is 1. The molecule has 1 fully saturated rings. The standard InChI is InChI=1S/C42H62N8O7/c43-42(44)46-25-13-21-34-40(55)48-33(20-11-12-24-45-37(52)23-10-7-16-29-14-3-1-4-15-29)39(54)47-31(26-30-17-5-2-6-18-30)28-57-36-22-9-8-19-32(36)38(53)50-35(27-51)41(56)49-34/h2,5-6,8-9,17-19,22,29,31,33-35,51H,1,3-4,7,10-16,20-21,23-28H2,(H,45,52)(H,47,54)(H,48,55)(H,49,56)(H,50,53)(H4,43,44,46)/t31-,33-,34-,35-/m0/s1. The van der Waals surface area contributed by atoms with Gasteiger partial charge >= 0.3 is 0 Å². The highest BCUT2D eigenvalue weighted by Crippen LogP contribution is 2.28. The number of carbonyl (C=O) groups is 5. The van der Waals surface area contributed by atoms with Crippen LogP contribution in [-0.4, -0.2) is 91.1 Å². The van der Waals surface area contributed by atoms with E-state index >= 15 is 0 Å². The average molecular weight is 791 g/mol. The largest absolute Gasteiger partial charge is 0.491 e. The number of nitrogens with two attached hydrogens (primary N) is 2. The Morgan fingerprint density at radius 3 is 2.12 bits per heavy atom. The lowest BCUT2D eigenvalue weighted by atomic mass is 9.85. The number of para-hydroxylation sites is 1. The average Bonchev–Trinajstić information content (AvgIpc) is 3.21. The molecule has 1 aliphatic carbocycles. The SMILES string of the molecule is NC(N)=NCCC[C@@H]1NC(=O)[C@H](CO)NC(=O)c2ccccc2OC[C@H](Cc2ccccc2)NC(=O)[C@H](CCCCNC(=O)CCCCC2CCCCC2)NC1=O. The van der Waals surface area contributed by atoms with Gasteiger partial charge in [0, 0.05) is 19.5 Å². The van der Waals surface area contributed by atoms with E-state index in [0.717, 1.165) is 24.3 Å². The number of carbonyl (C=O) groups excluding carboxylic acids is 5. The molecule has 4 rings (SSSR count). The number of benzene rings is 2. The van der Waals surface area contributed by atoms with Crippen LogP contribution < -0.4 is 42.8 Å². The van der Waals surface area contributed by atoms with E-state index in [0.29, 0.717) is 38.6 Å². The number of hydrogen-bond donors (Lipinski definition) is 8. The van der Waals surface area contributed by atoms with Crippen LogP contribution in [0.5, 0.6) is 5.75 Å². The van der Waals surface area contributed by atoms with Crippen LogP contribution in [0.15, 0.2) is 59.6 Å². The summed E-state index contributed by atoms with van der Waals surface area (Å²) < 4.78 is 6.14. The summed E-state index contributed by atoms with van der Waals surface area (Å²) in [5.74, 6) is -1.65. The first-order chi connectivity index (χ1) is 27.6. The van der Waals surface area contributed by atoms with Gasteiger partial charge in [0.25, 0.3) is 5.91 Å². The molecule has 0 bridgehead atoms. The fraction of sp³-hybridized carbons (Fsp3) is 0.571. The molecule has 312 valence electrons. The van der Waals surface area contributed by atoms with Crippen molar-refractivity contribution >= 4 is 35.5 Å². The number of unbranched alkanes of at least 4 members (excludes halogenated alkanes) is 2. The Morgan fingerprint density at radius 2 is 1.40 bits per heavy atom. The molecule has 1 saturated carbocycles. The smallest absolute Gasteiger partial charge is 0.255 e. The van der Waals surface area contributed by atoms with Crippen molar-refractivity contribution in [1.82, 2.24) is 26.6 Å². The highest BCUT2D eigenvalue weighted by Gasteiger charge is 2.31. The van der Waals surface area contributed by atoms with Crippen molar-refractivity contribution < 1.29 is 33.8 Å². The van der Waals surface area contributed by atoms with Crippen LogP contribution in [0, 0.1) is 5.92 Å². The first-order valence-corrected chi connectivity index (χ1v) is 20.5. The summed E-state index contributed by atoms with van der Waals surface area (Å²) in [5, 5.41) is 24.2. The van der Waals surface area contributed by atoms with E-state index in [1.54, 1.807) is 18.2 Å². The molecule has 15 nitrogen and oxygen atoms in total. The van der Waals surface area contributed by atoms with Gasteiger partial charge < -0.3 is 47.9 Å². The molecule has 0 unspecified atom stereocenters. The lowest BCUT2D eigenvalue weighted by Crippen LogP contribution is -2.58. The first kappa shape index (κ1) is 44.5. The minimum absolute atomic E-state index is 0.0106. The van der Waals surface area contributed by atoms with Gasteiger partial charge in [-0.1, -0.05) is 87.4 Å². The molecule has 2 aromatic carbocycles. The Hall–Kier alpha value is -5.18. The predicted molar refractivity (Wildman–Crippen MR) is 218 cm³/mol. The fourth-order valence-electron chi connectivity index (χ4n) is 7.32. The van der Waals surface area contributed by atoms with Gasteiger partial charge in [0.15, 0.2) is 5.96 Å². The molecular formula is C42H62N8O7. The maximum atomic E-state index is 14.1. The van der Waals surface area contributed by atoms with Crippen LogP contribution >= 0.6 is 0 Å². The molecule has 0 spiro atoms. The summed E-state index contributed by atoms with van der Waals surface area (Å²) >= 11 is 0. The van der Waals surface area contributed by atoms with Crippen molar-refractivity contribution in [1.29, 1.82) is 0 Å². The molecule has 1 heterocycles. The Balaban J connectivity index is 1.49. The van der Waals surface area contributed by atoms with Gasteiger partial charge in [0.2, 0.25) is 23.6 Å². The molecule has 0 saturated heterocycles. The van der Waals surface area contributed by atoms with Gasteiger partial charge in [-0.2, -0.15) is 0 Å². The van der Waals surface area contributed by atoms with Gasteiger partial charge in [0.1, 0.15) is 30.5 Å². The molecule has 4 atom stereocenters. The summed E-state index contributed by atoms with van der Waals surface area (Å²) in [6, 6.07) is 11.9. The summed E-state index contributed by atoms with van der Waals surface area (Å²) in [4.78, 5) is 71.4. The van der Waals surface area contributed by atoms with Crippen molar-refractivity contribution in [3.63, 3.8) is 0 Å². The molecule has 15 heteroatoms. The second-order valence-corrected chi connectivity index (χ2v) is 15.1. The number of guanidine groups is 1. The van der Waals surface area contributed by atoms with Crippen LogP contribution in [0.4, 0.5) is 0 Å². The third-order valence-electron chi connectivity index (χ3n) is 10.5. The normalized spacial score (nSPS) is 21.1. The lowest BCUT2D eigenvalue weighted by molar-refractivity contribution is -0.133. The van der Waals surface area contributed by atoms with Gasteiger partial charge in [-0.3, -0.25) is 29.0 Å². The molecule has 5 amide bonds. The highest BCUT2D eigenvalue weighted by atomic mass is 16.5. The van der Waals surface area contributed by atoms with E-state index in [2.05, 4.69) is 31.6 Å². The second-order valence-electron chi connectivity index (χ2n) is 15.1. The quantitative estimate of drug-likeness (QED) is 0.0666. The number of nitrogens with zero attached hydrogens (tertiary/aromatic N) is 1. The van der Waals surface area contributed by atoms with Crippen molar-refractivity contribution in [3.05, 3.63) is 65.7 Å². The van der Waals surface area contributed by atoms with Crippen LogP contribution in [-0.2, 0) is 25.6 Å². The topological polar surface area (TPSA) is 239 Å². The van der Waals surface area contributed by atoms with E-state index < -0.39 is 54.4 Å². The molecule has 2 aromatic rings. The van der Waals surface area contributed by atoms with E-state index in [1.807, 2.05) is 30.3 Å². The molecule has 10 N–H and O–H groups in total. The third kappa shape index (κ3) is 16.1. The van der Waals surface area contributed by atoms with Crippen molar-refractivity contribution in [2.24, 2.45) is 22.4 Å². The minimum atomic E-state index is -1.40. The number of ether oxygens (including phenoxy) is 1. The Bertz CT molecular complexity index is 1610. The zero-order chi connectivity index (χ0) is 40.8. The summed E-state index contributed by atoms with van der Waals surface area (Å²) in [7, 11) is 0. The highest BCUT2D eigenvalue weighted by molar-refractivity contribution is 6.00. The van der Waals surface area contributed by atoms with Gasteiger partial charge in [-0.05, 0) is 68.6 Å². The van der Waals surface area contributed by atoms with Crippen molar-refractivity contribution in [2.45, 2.75) is 120 Å². The van der Waals surface area contributed by atoms with E-state index in [-0.39, 0.29) is 49.2 Å². The maximum Gasteiger partial charge on any atom is 0.255 e. The molecule has 1 aliphatic heterocycles. The number of hydrogen-bond acceptors (Lipinski definition) is 8. The zero-order valence-corrected chi connectivity index (χ0v) is 33.0. The lowest BCUT2D eigenvalue weighted by Gasteiger charge is -2.27. The van der Waals surface area contributed by atoms with Crippen LogP contribution in [0.1, 0.15) is 106 Å². The van der Waals surface area contributed by atoms with Gasteiger partial charge in [0.05, 0.1) is 18.2 Å². The van der Waals surface area contributed by atoms with Crippen LogP contribution in [0.3, 0.4) is 0 Å². The fourth-order valence-corrected chi connectivity index (χ4v) is 7.32. The third-order valence-corrected chi connectivity index (χ3v) is 10.5. The Kier molecular flexibility index (Phi) is 19.1. The van der Waals surface area contributed by atoms with Crippen molar-refractivity contribution in [3.8, 4) is 5.75 Å². The van der Waals surface area contributed by atoms with Crippen molar-refractivity contribution in [2.75, 3.05) is 26.3 Å². The molecule has 57 heavy (non-hydrogen) atoms. The number of aliphatic hydroxyl groups is 1. The maximum absolute atomic E-state index is 14.1. The predicted octanol–water partition coefficient (Wildman–Crippen LogP) is 2.35. The van der Waals surface area contributed by atoms with Crippen LogP contribution in [0.2, 0.25) is 0 Å². The first-order valence-electron chi connectivity index (χ1n) is 20.5. The number of amides is 5. The summed E-state index contributed by atoms with van der Waals surface area (Å²) in [6.07, 6.45) is 12.3.